The van der Waals surface area contributed by atoms with E-state index < -0.39 is 5.97 Å². The summed E-state index contributed by atoms with van der Waals surface area (Å²) in [6.45, 7) is 10.3. The summed E-state index contributed by atoms with van der Waals surface area (Å²) >= 11 is 0. The van der Waals surface area contributed by atoms with Crippen LogP contribution in [0.15, 0.2) is 16.5 Å². The highest BCUT2D eigenvalue weighted by atomic mass is 16.4. The van der Waals surface area contributed by atoms with Gasteiger partial charge in [0.1, 0.15) is 5.76 Å². The van der Waals surface area contributed by atoms with Gasteiger partial charge in [-0.2, -0.15) is 0 Å². The van der Waals surface area contributed by atoms with Gasteiger partial charge in [0.15, 0.2) is 0 Å². The molecule has 1 rings (SSSR count). The van der Waals surface area contributed by atoms with Crippen LogP contribution < -0.4 is 5.32 Å². The lowest BCUT2D eigenvalue weighted by atomic mass is 10.2. The SMILES string of the molecule is CCCN(CC)CCNC(C)c1ccc(C(=O)O)o1. The summed E-state index contributed by atoms with van der Waals surface area (Å²) in [5, 5.41) is 12.1. The summed E-state index contributed by atoms with van der Waals surface area (Å²) in [5.74, 6) is -0.376. The second-order valence-electron chi connectivity index (χ2n) is 4.62. The van der Waals surface area contributed by atoms with Crippen molar-refractivity contribution in [2.75, 3.05) is 26.2 Å². The van der Waals surface area contributed by atoms with Gasteiger partial charge in [0.25, 0.3) is 0 Å². The number of nitrogens with zero attached hydrogens (tertiary/aromatic N) is 1. The van der Waals surface area contributed by atoms with E-state index in [0.717, 1.165) is 32.6 Å². The molecule has 5 heteroatoms. The van der Waals surface area contributed by atoms with Gasteiger partial charge >= 0.3 is 5.97 Å². The Balaban J connectivity index is 2.37. The fourth-order valence-corrected chi connectivity index (χ4v) is 1.98. The number of aromatic carboxylic acids is 1. The third kappa shape index (κ3) is 5.04. The van der Waals surface area contributed by atoms with E-state index in [1.165, 1.54) is 6.07 Å². The number of rotatable bonds is 9. The van der Waals surface area contributed by atoms with Gasteiger partial charge in [0.05, 0.1) is 6.04 Å². The molecule has 5 nitrogen and oxygen atoms in total. The molecular weight excluding hydrogens is 244 g/mol. The van der Waals surface area contributed by atoms with Gasteiger partial charge in [0, 0.05) is 13.1 Å². The lowest BCUT2D eigenvalue weighted by Gasteiger charge is -2.20. The monoisotopic (exact) mass is 268 g/mol. The van der Waals surface area contributed by atoms with E-state index in [9.17, 15) is 4.79 Å². The maximum absolute atomic E-state index is 10.7. The van der Waals surface area contributed by atoms with Gasteiger partial charge < -0.3 is 19.7 Å². The highest BCUT2D eigenvalue weighted by Gasteiger charge is 2.13. The summed E-state index contributed by atoms with van der Waals surface area (Å²) in [6, 6.07) is 3.23. The average Bonchev–Trinajstić information content (AvgIpc) is 2.87. The Morgan fingerprint density at radius 2 is 2.16 bits per heavy atom. The number of furan rings is 1. The lowest BCUT2D eigenvalue weighted by Crippen LogP contribution is -2.33. The van der Waals surface area contributed by atoms with Crippen molar-refractivity contribution in [3.8, 4) is 0 Å². The Morgan fingerprint density at radius 1 is 1.42 bits per heavy atom. The predicted octanol–water partition coefficient (Wildman–Crippen LogP) is 2.36. The van der Waals surface area contributed by atoms with Crippen LogP contribution in [0.1, 0.15) is 49.5 Å². The highest BCUT2D eigenvalue weighted by Crippen LogP contribution is 2.15. The first-order valence-electron chi connectivity index (χ1n) is 6.87. The van der Waals surface area contributed by atoms with Crippen molar-refractivity contribution in [2.45, 2.75) is 33.2 Å². The molecule has 0 amide bonds. The largest absolute Gasteiger partial charge is 0.475 e. The van der Waals surface area contributed by atoms with Crippen LogP contribution in [0.4, 0.5) is 0 Å². The quantitative estimate of drug-likeness (QED) is 0.719. The third-order valence-electron chi connectivity index (χ3n) is 3.13. The summed E-state index contributed by atoms with van der Waals surface area (Å²) in [5.41, 5.74) is 0. The fraction of sp³-hybridized carbons (Fsp3) is 0.643. The van der Waals surface area contributed by atoms with E-state index in [4.69, 9.17) is 9.52 Å². The van der Waals surface area contributed by atoms with Crippen molar-refractivity contribution in [3.63, 3.8) is 0 Å². The number of carboxylic acids is 1. The van der Waals surface area contributed by atoms with Gasteiger partial charge in [-0.25, -0.2) is 4.79 Å². The van der Waals surface area contributed by atoms with Crippen molar-refractivity contribution in [1.82, 2.24) is 10.2 Å². The molecule has 0 radical (unpaired) electrons. The Kier molecular flexibility index (Phi) is 6.59. The zero-order chi connectivity index (χ0) is 14.3. The molecule has 0 fully saturated rings. The number of hydrogen-bond donors (Lipinski definition) is 2. The van der Waals surface area contributed by atoms with Gasteiger partial charge in [-0.05, 0) is 38.6 Å². The molecule has 0 aliphatic carbocycles. The molecule has 1 heterocycles. The molecule has 0 saturated carbocycles. The molecule has 0 bridgehead atoms. The van der Waals surface area contributed by atoms with Crippen LogP contribution in [-0.2, 0) is 0 Å². The van der Waals surface area contributed by atoms with E-state index in [2.05, 4.69) is 24.1 Å². The zero-order valence-corrected chi connectivity index (χ0v) is 12.0. The maximum atomic E-state index is 10.7. The molecule has 1 unspecified atom stereocenters. The first-order valence-corrected chi connectivity index (χ1v) is 6.87. The minimum absolute atomic E-state index is 0.00943. The molecule has 0 spiro atoms. The second-order valence-corrected chi connectivity index (χ2v) is 4.62. The number of nitrogens with one attached hydrogen (secondary N) is 1. The molecule has 0 aliphatic heterocycles. The van der Waals surface area contributed by atoms with E-state index in [1.54, 1.807) is 6.07 Å². The second kappa shape index (κ2) is 7.96. The van der Waals surface area contributed by atoms with Gasteiger partial charge in [-0.15, -0.1) is 0 Å². The van der Waals surface area contributed by atoms with E-state index in [0.29, 0.717) is 5.76 Å². The molecule has 1 aromatic rings. The molecule has 2 N–H and O–H groups in total. The minimum Gasteiger partial charge on any atom is -0.475 e. The Hall–Kier alpha value is -1.33. The van der Waals surface area contributed by atoms with Gasteiger partial charge in [0.2, 0.25) is 5.76 Å². The molecule has 19 heavy (non-hydrogen) atoms. The van der Waals surface area contributed by atoms with Gasteiger partial charge in [-0.1, -0.05) is 13.8 Å². The number of carboxylic acid groups (broad SMARTS) is 1. The molecule has 0 aromatic carbocycles. The van der Waals surface area contributed by atoms with E-state index in [-0.39, 0.29) is 11.8 Å². The molecule has 0 saturated heterocycles. The number of likely N-dealkylation sites (N-methyl/N-ethyl adjacent to an activating group) is 1. The highest BCUT2D eigenvalue weighted by molar-refractivity contribution is 5.84. The Labute approximate surface area is 114 Å². The normalized spacial score (nSPS) is 12.8. The molecule has 108 valence electrons. The smallest absolute Gasteiger partial charge is 0.371 e. The van der Waals surface area contributed by atoms with Crippen LogP contribution in [0.2, 0.25) is 0 Å². The Bertz CT molecular complexity index is 390. The van der Waals surface area contributed by atoms with Crippen LogP contribution in [0.25, 0.3) is 0 Å². The molecule has 0 aliphatic rings. The minimum atomic E-state index is -1.03. The maximum Gasteiger partial charge on any atom is 0.371 e. The Morgan fingerprint density at radius 3 is 2.68 bits per heavy atom. The van der Waals surface area contributed by atoms with Crippen molar-refractivity contribution in [3.05, 3.63) is 23.7 Å². The number of carbonyl (C=O) groups is 1. The van der Waals surface area contributed by atoms with Gasteiger partial charge in [-0.3, -0.25) is 0 Å². The average molecular weight is 268 g/mol. The third-order valence-corrected chi connectivity index (χ3v) is 3.13. The molecule has 1 atom stereocenters. The first kappa shape index (κ1) is 15.7. The summed E-state index contributed by atoms with van der Waals surface area (Å²) in [6.07, 6.45) is 1.16. The van der Waals surface area contributed by atoms with E-state index in [1.807, 2.05) is 6.92 Å². The van der Waals surface area contributed by atoms with Crippen molar-refractivity contribution in [2.24, 2.45) is 0 Å². The van der Waals surface area contributed by atoms with Crippen molar-refractivity contribution < 1.29 is 14.3 Å². The number of hydrogen-bond acceptors (Lipinski definition) is 4. The standard InChI is InChI=1S/C14H24N2O3/c1-4-9-16(5-2)10-8-15-11(3)12-6-7-13(19-12)14(17)18/h6-7,11,15H,4-5,8-10H2,1-3H3,(H,17,18). The fourth-order valence-electron chi connectivity index (χ4n) is 1.98. The van der Waals surface area contributed by atoms with E-state index >= 15 is 0 Å². The van der Waals surface area contributed by atoms with Crippen molar-refractivity contribution in [1.29, 1.82) is 0 Å². The van der Waals surface area contributed by atoms with Crippen LogP contribution in [0.3, 0.4) is 0 Å². The summed E-state index contributed by atoms with van der Waals surface area (Å²) in [7, 11) is 0. The van der Waals surface area contributed by atoms with Crippen LogP contribution in [0.5, 0.6) is 0 Å². The molecular formula is C14H24N2O3. The van der Waals surface area contributed by atoms with Crippen LogP contribution >= 0.6 is 0 Å². The zero-order valence-electron chi connectivity index (χ0n) is 12.0. The van der Waals surface area contributed by atoms with Crippen molar-refractivity contribution >= 4 is 5.97 Å². The first-order chi connectivity index (χ1) is 9.08. The topological polar surface area (TPSA) is 65.7 Å². The molecule has 1 aromatic heterocycles. The summed E-state index contributed by atoms with van der Waals surface area (Å²) in [4.78, 5) is 13.1. The predicted molar refractivity (Wildman–Crippen MR) is 74.5 cm³/mol. The summed E-state index contributed by atoms with van der Waals surface area (Å²) < 4.78 is 5.26. The lowest BCUT2D eigenvalue weighted by molar-refractivity contribution is 0.0659. The van der Waals surface area contributed by atoms with Crippen LogP contribution in [0, 0.1) is 0 Å². The van der Waals surface area contributed by atoms with Crippen LogP contribution in [-0.4, -0.2) is 42.2 Å².